The second-order valence-electron chi connectivity index (χ2n) is 5.43. The molecule has 19 heavy (non-hydrogen) atoms. The van der Waals surface area contributed by atoms with Crippen LogP contribution in [0.25, 0.3) is 10.9 Å². The SMILES string of the molecule is C=CCn1c(CN2CCCCC2)cc2ccccc21. The molecule has 0 atom stereocenters. The second kappa shape index (κ2) is 5.62. The summed E-state index contributed by atoms with van der Waals surface area (Å²) in [6.07, 6.45) is 6.08. The Kier molecular flexibility index (Phi) is 3.69. The third-order valence-electron chi connectivity index (χ3n) is 4.04. The Labute approximate surface area is 115 Å². The number of allylic oxidation sites excluding steroid dienone is 1. The molecule has 1 fully saturated rings. The first-order chi connectivity index (χ1) is 9.38. The zero-order valence-corrected chi connectivity index (χ0v) is 11.5. The highest BCUT2D eigenvalue weighted by molar-refractivity contribution is 5.81. The van der Waals surface area contributed by atoms with Gasteiger partial charge in [0.2, 0.25) is 0 Å². The van der Waals surface area contributed by atoms with Crippen molar-refractivity contribution < 1.29 is 0 Å². The van der Waals surface area contributed by atoms with Gasteiger partial charge < -0.3 is 4.57 Å². The number of benzene rings is 1. The first-order valence-electron chi connectivity index (χ1n) is 7.29. The van der Waals surface area contributed by atoms with E-state index in [1.54, 1.807) is 0 Å². The van der Waals surface area contributed by atoms with Crippen molar-refractivity contribution in [3.63, 3.8) is 0 Å². The lowest BCUT2D eigenvalue weighted by Gasteiger charge is -2.26. The highest BCUT2D eigenvalue weighted by atomic mass is 15.1. The van der Waals surface area contributed by atoms with Gasteiger partial charge in [-0.15, -0.1) is 6.58 Å². The van der Waals surface area contributed by atoms with Gasteiger partial charge in [0.1, 0.15) is 0 Å². The molecule has 0 bridgehead atoms. The predicted molar refractivity (Wildman–Crippen MR) is 81.3 cm³/mol. The van der Waals surface area contributed by atoms with Gasteiger partial charge >= 0.3 is 0 Å². The summed E-state index contributed by atoms with van der Waals surface area (Å²) in [5.74, 6) is 0. The van der Waals surface area contributed by atoms with Gasteiger partial charge in [-0.25, -0.2) is 0 Å². The molecule has 1 aromatic heterocycles. The molecular formula is C17H22N2. The molecule has 1 aliphatic heterocycles. The fourth-order valence-corrected chi connectivity index (χ4v) is 3.09. The molecule has 0 amide bonds. The first kappa shape index (κ1) is 12.5. The number of hydrogen-bond donors (Lipinski definition) is 0. The Balaban J connectivity index is 1.92. The summed E-state index contributed by atoms with van der Waals surface area (Å²) >= 11 is 0. The first-order valence-corrected chi connectivity index (χ1v) is 7.29. The monoisotopic (exact) mass is 254 g/mol. The average molecular weight is 254 g/mol. The normalized spacial score (nSPS) is 16.8. The van der Waals surface area contributed by atoms with E-state index < -0.39 is 0 Å². The lowest BCUT2D eigenvalue weighted by atomic mass is 10.1. The van der Waals surface area contributed by atoms with E-state index in [-0.39, 0.29) is 0 Å². The molecule has 0 saturated carbocycles. The maximum atomic E-state index is 3.90. The molecule has 2 heteroatoms. The Hall–Kier alpha value is -1.54. The zero-order chi connectivity index (χ0) is 13.1. The van der Waals surface area contributed by atoms with Crippen LogP contribution < -0.4 is 0 Å². The number of piperidine rings is 1. The number of para-hydroxylation sites is 1. The smallest absolute Gasteiger partial charge is 0.0485 e. The van der Waals surface area contributed by atoms with Gasteiger partial charge in [0.15, 0.2) is 0 Å². The van der Waals surface area contributed by atoms with E-state index in [2.05, 4.69) is 46.4 Å². The minimum atomic E-state index is 0.899. The van der Waals surface area contributed by atoms with E-state index in [0.717, 1.165) is 13.1 Å². The molecule has 0 unspecified atom stereocenters. The van der Waals surface area contributed by atoms with Gasteiger partial charge in [-0.05, 0) is 43.5 Å². The van der Waals surface area contributed by atoms with Crippen molar-refractivity contribution in [1.82, 2.24) is 9.47 Å². The maximum Gasteiger partial charge on any atom is 0.0485 e. The molecule has 0 radical (unpaired) electrons. The summed E-state index contributed by atoms with van der Waals surface area (Å²) in [4.78, 5) is 2.58. The molecule has 3 rings (SSSR count). The van der Waals surface area contributed by atoms with Crippen LogP contribution in [0, 0.1) is 0 Å². The number of fused-ring (bicyclic) bond motifs is 1. The number of hydrogen-bond acceptors (Lipinski definition) is 1. The van der Waals surface area contributed by atoms with E-state index in [4.69, 9.17) is 0 Å². The molecule has 0 spiro atoms. The Morgan fingerprint density at radius 2 is 1.89 bits per heavy atom. The highest BCUT2D eigenvalue weighted by Gasteiger charge is 2.14. The summed E-state index contributed by atoms with van der Waals surface area (Å²) in [6, 6.07) is 11.0. The molecule has 2 aromatic rings. The average Bonchev–Trinajstić information content (AvgIpc) is 2.79. The van der Waals surface area contributed by atoms with Crippen LogP contribution in [0.3, 0.4) is 0 Å². The van der Waals surface area contributed by atoms with E-state index in [0.29, 0.717) is 0 Å². The molecule has 0 aliphatic carbocycles. The Morgan fingerprint density at radius 1 is 1.11 bits per heavy atom. The lowest BCUT2D eigenvalue weighted by Crippen LogP contribution is -2.30. The summed E-state index contributed by atoms with van der Waals surface area (Å²) in [7, 11) is 0. The molecule has 0 N–H and O–H groups in total. The van der Waals surface area contributed by atoms with Crippen LogP contribution in [0.2, 0.25) is 0 Å². The van der Waals surface area contributed by atoms with Crippen LogP contribution >= 0.6 is 0 Å². The van der Waals surface area contributed by atoms with E-state index in [9.17, 15) is 0 Å². The number of rotatable bonds is 4. The van der Waals surface area contributed by atoms with Crippen LogP contribution in [-0.2, 0) is 13.1 Å². The third kappa shape index (κ3) is 2.59. The predicted octanol–water partition coefficient (Wildman–Crippen LogP) is 3.81. The molecule has 1 aliphatic rings. The van der Waals surface area contributed by atoms with Crippen LogP contribution in [0.4, 0.5) is 0 Å². The summed E-state index contributed by atoms with van der Waals surface area (Å²) in [6.45, 7) is 8.36. The molecule has 1 aromatic carbocycles. The number of aromatic nitrogens is 1. The van der Waals surface area contributed by atoms with Gasteiger partial charge in [-0.1, -0.05) is 30.7 Å². The Morgan fingerprint density at radius 3 is 2.68 bits per heavy atom. The second-order valence-corrected chi connectivity index (χ2v) is 5.43. The number of likely N-dealkylation sites (tertiary alicyclic amines) is 1. The molecule has 1 saturated heterocycles. The summed E-state index contributed by atoms with van der Waals surface area (Å²) < 4.78 is 2.40. The zero-order valence-electron chi connectivity index (χ0n) is 11.5. The van der Waals surface area contributed by atoms with Gasteiger partial charge in [-0.3, -0.25) is 4.90 Å². The summed E-state index contributed by atoms with van der Waals surface area (Å²) in [5, 5.41) is 1.34. The van der Waals surface area contributed by atoms with Crippen molar-refractivity contribution in [3.05, 3.63) is 48.7 Å². The minimum absolute atomic E-state index is 0.899. The van der Waals surface area contributed by atoms with E-state index in [1.807, 2.05) is 6.08 Å². The van der Waals surface area contributed by atoms with Crippen molar-refractivity contribution in [3.8, 4) is 0 Å². The van der Waals surface area contributed by atoms with E-state index >= 15 is 0 Å². The minimum Gasteiger partial charge on any atom is -0.339 e. The standard InChI is InChI=1S/C17H22N2/c1-2-10-19-16(14-18-11-6-3-7-12-18)13-15-8-4-5-9-17(15)19/h2,4-5,8-9,13H,1,3,6-7,10-12,14H2. The molecule has 100 valence electrons. The van der Waals surface area contributed by atoms with Crippen molar-refractivity contribution in [2.45, 2.75) is 32.4 Å². The molecule has 2 nitrogen and oxygen atoms in total. The summed E-state index contributed by atoms with van der Waals surface area (Å²) in [5.41, 5.74) is 2.75. The fraction of sp³-hybridized carbons (Fsp3) is 0.412. The van der Waals surface area contributed by atoms with Crippen molar-refractivity contribution in [2.75, 3.05) is 13.1 Å². The maximum absolute atomic E-state index is 3.90. The molecular weight excluding hydrogens is 232 g/mol. The van der Waals surface area contributed by atoms with Crippen molar-refractivity contribution in [1.29, 1.82) is 0 Å². The van der Waals surface area contributed by atoms with Crippen LogP contribution in [0.5, 0.6) is 0 Å². The molecule has 2 heterocycles. The van der Waals surface area contributed by atoms with Crippen molar-refractivity contribution in [2.24, 2.45) is 0 Å². The van der Waals surface area contributed by atoms with Gasteiger partial charge in [0.05, 0.1) is 0 Å². The Bertz CT molecular complexity index is 562. The fourth-order valence-electron chi connectivity index (χ4n) is 3.09. The van der Waals surface area contributed by atoms with Crippen LogP contribution in [-0.4, -0.2) is 22.6 Å². The number of nitrogens with zero attached hydrogens (tertiary/aromatic N) is 2. The topological polar surface area (TPSA) is 8.17 Å². The van der Waals surface area contributed by atoms with E-state index in [1.165, 1.54) is 48.9 Å². The quantitative estimate of drug-likeness (QED) is 0.753. The lowest BCUT2D eigenvalue weighted by molar-refractivity contribution is 0.216. The largest absolute Gasteiger partial charge is 0.339 e. The van der Waals surface area contributed by atoms with Gasteiger partial charge in [0, 0.05) is 24.3 Å². The van der Waals surface area contributed by atoms with Crippen molar-refractivity contribution >= 4 is 10.9 Å². The van der Waals surface area contributed by atoms with Gasteiger partial charge in [-0.2, -0.15) is 0 Å². The van der Waals surface area contributed by atoms with Crippen LogP contribution in [0.1, 0.15) is 25.0 Å². The van der Waals surface area contributed by atoms with Gasteiger partial charge in [0.25, 0.3) is 0 Å². The third-order valence-corrected chi connectivity index (χ3v) is 4.04. The van der Waals surface area contributed by atoms with Crippen LogP contribution in [0.15, 0.2) is 43.0 Å². The highest BCUT2D eigenvalue weighted by Crippen LogP contribution is 2.22.